The van der Waals surface area contributed by atoms with Gasteiger partial charge in [-0.05, 0) is 27.2 Å². The van der Waals surface area contributed by atoms with Crippen LogP contribution in [0.1, 0.15) is 40.5 Å². The average molecular weight is 208 g/mol. The molecule has 13 heavy (non-hydrogen) atoms. The van der Waals surface area contributed by atoms with Gasteiger partial charge in [0.05, 0.1) is 4.75 Å². The predicted molar refractivity (Wildman–Crippen MR) is 54.4 cm³/mol. The Kier molecular flexibility index (Phi) is 4.92. The number of hydrogen-bond acceptors (Lipinski definition) is 3. The van der Waals surface area contributed by atoms with E-state index in [9.17, 15) is 8.42 Å². The standard InChI is InChI=1S/C9H20O3S/c1-5-6-7-12-8-13(10,11)9(2,3)4/h5-8H2,1-4H3. The Morgan fingerprint density at radius 3 is 2.15 bits per heavy atom. The van der Waals surface area contributed by atoms with Crippen LogP contribution in [-0.4, -0.2) is 25.7 Å². The van der Waals surface area contributed by atoms with Gasteiger partial charge in [-0.3, -0.25) is 0 Å². The summed E-state index contributed by atoms with van der Waals surface area (Å²) < 4.78 is 27.3. The van der Waals surface area contributed by atoms with Crippen LogP contribution in [0.3, 0.4) is 0 Å². The van der Waals surface area contributed by atoms with Crippen LogP contribution in [0.2, 0.25) is 0 Å². The summed E-state index contributed by atoms with van der Waals surface area (Å²) in [7, 11) is -3.10. The lowest BCUT2D eigenvalue weighted by molar-refractivity contribution is 0.171. The van der Waals surface area contributed by atoms with Crippen molar-refractivity contribution in [3.63, 3.8) is 0 Å². The highest BCUT2D eigenvalue weighted by molar-refractivity contribution is 7.92. The zero-order valence-corrected chi connectivity index (χ0v) is 9.78. The summed E-state index contributed by atoms with van der Waals surface area (Å²) in [6.07, 6.45) is 1.94. The SMILES string of the molecule is CCCCOCS(=O)(=O)C(C)(C)C. The van der Waals surface area contributed by atoms with Gasteiger partial charge in [-0.15, -0.1) is 0 Å². The smallest absolute Gasteiger partial charge is 0.179 e. The van der Waals surface area contributed by atoms with Gasteiger partial charge in [-0.25, -0.2) is 8.42 Å². The molecule has 0 aromatic heterocycles. The summed E-state index contributed by atoms with van der Waals surface area (Å²) in [5.41, 5.74) is 0. The maximum Gasteiger partial charge on any atom is 0.179 e. The molecule has 0 radical (unpaired) electrons. The first-order valence-corrected chi connectivity index (χ1v) is 6.26. The molecule has 0 spiro atoms. The van der Waals surface area contributed by atoms with Gasteiger partial charge in [0.15, 0.2) is 9.84 Å². The molecule has 0 rings (SSSR count). The Labute approximate surface area is 81.4 Å². The maximum absolute atomic E-state index is 11.5. The van der Waals surface area contributed by atoms with Crippen molar-refractivity contribution in [3.8, 4) is 0 Å². The minimum absolute atomic E-state index is 0.156. The molecule has 4 heteroatoms. The molecule has 0 saturated carbocycles. The van der Waals surface area contributed by atoms with Crippen LogP contribution in [0.25, 0.3) is 0 Å². The van der Waals surface area contributed by atoms with E-state index in [1.165, 1.54) is 0 Å². The van der Waals surface area contributed by atoms with Gasteiger partial charge >= 0.3 is 0 Å². The lowest BCUT2D eigenvalue weighted by Gasteiger charge is -2.18. The topological polar surface area (TPSA) is 43.4 Å². The van der Waals surface area contributed by atoms with Crippen LogP contribution in [-0.2, 0) is 14.6 Å². The molecule has 80 valence electrons. The molecule has 0 aromatic rings. The van der Waals surface area contributed by atoms with Gasteiger partial charge in [0.2, 0.25) is 0 Å². The van der Waals surface area contributed by atoms with Crippen molar-refractivity contribution in [2.24, 2.45) is 0 Å². The molecular formula is C9H20O3S. The first-order valence-electron chi connectivity index (χ1n) is 4.61. The van der Waals surface area contributed by atoms with Gasteiger partial charge < -0.3 is 4.74 Å². The Balaban J connectivity index is 3.92. The predicted octanol–water partition coefficient (Wildman–Crippen LogP) is 1.97. The lowest BCUT2D eigenvalue weighted by atomic mass is 10.3. The van der Waals surface area contributed by atoms with E-state index in [1.54, 1.807) is 20.8 Å². The Hall–Kier alpha value is -0.0900. The molecule has 0 unspecified atom stereocenters. The molecule has 0 heterocycles. The van der Waals surface area contributed by atoms with Crippen molar-refractivity contribution < 1.29 is 13.2 Å². The molecule has 0 amide bonds. The highest BCUT2D eigenvalue weighted by Gasteiger charge is 2.28. The quantitative estimate of drug-likeness (QED) is 0.649. The third-order valence-corrected chi connectivity index (χ3v) is 4.16. The second-order valence-electron chi connectivity index (χ2n) is 4.11. The first-order chi connectivity index (χ1) is 5.81. The van der Waals surface area contributed by atoms with Gasteiger partial charge in [0.25, 0.3) is 0 Å². The van der Waals surface area contributed by atoms with Gasteiger partial charge in [0.1, 0.15) is 5.94 Å². The Morgan fingerprint density at radius 1 is 1.23 bits per heavy atom. The zero-order chi connectivity index (χ0) is 10.5. The third kappa shape index (κ3) is 4.62. The van der Waals surface area contributed by atoms with E-state index in [4.69, 9.17) is 4.74 Å². The fraction of sp³-hybridized carbons (Fsp3) is 1.00. The van der Waals surface area contributed by atoms with E-state index in [0.717, 1.165) is 12.8 Å². The number of hydrogen-bond donors (Lipinski definition) is 0. The molecule has 0 atom stereocenters. The van der Waals surface area contributed by atoms with Crippen LogP contribution in [0.15, 0.2) is 0 Å². The minimum Gasteiger partial charge on any atom is -0.366 e. The second kappa shape index (κ2) is 4.96. The van der Waals surface area contributed by atoms with E-state index in [0.29, 0.717) is 6.61 Å². The number of ether oxygens (including phenoxy) is 1. The van der Waals surface area contributed by atoms with Crippen molar-refractivity contribution in [1.29, 1.82) is 0 Å². The summed E-state index contributed by atoms with van der Waals surface area (Å²) >= 11 is 0. The molecular weight excluding hydrogens is 188 g/mol. The monoisotopic (exact) mass is 208 g/mol. The molecule has 0 aliphatic rings. The minimum atomic E-state index is -3.10. The van der Waals surface area contributed by atoms with Crippen molar-refractivity contribution in [2.45, 2.75) is 45.3 Å². The van der Waals surface area contributed by atoms with Crippen molar-refractivity contribution in [2.75, 3.05) is 12.5 Å². The third-order valence-electron chi connectivity index (χ3n) is 1.81. The van der Waals surface area contributed by atoms with Crippen LogP contribution >= 0.6 is 0 Å². The normalized spacial score (nSPS) is 13.2. The fourth-order valence-electron chi connectivity index (χ4n) is 0.592. The van der Waals surface area contributed by atoms with E-state index in [-0.39, 0.29) is 5.94 Å². The maximum atomic E-state index is 11.5. The van der Waals surface area contributed by atoms with Crippen LogP contribution < -0.4 is 0 Å². The van der Waals surface area contributed by atoms with E-state index in [2.05, 4.69) is 0 Å². The molecule has 0 N–H and O–H groups in total. The van der Waals surface area contributed by atoms with Crippen molar-refractivity contribution in [1.82, 2.24) is 0 Å². The average Bonchev–Trinajstić information content (AvgIpc) is 1.96. The number of unbranched alkanes of at least 4 members (excludes halogenated alkanes) is 1. The molecule has 0 aliphatic heterocycles. The van der Waals surface area contributed by atoms with Crippen molar-refractivity contribution >= 4 is 9.84 Å². The largest absolute Gasteiger partial charge is 0.366 e. The summed E-state index contributed by atoms with van der Waals surface area (Å²) in [6.45, 7) is 7.63. The highest BCUT2D eigenvalue weighted by Crippen LogP contribution is 2.15. The molecule has 0 saturated heterocycles. The van der Waals surface area contributed by atoms with Gasteiger partial charge in [-0.1, -0.05) is 13.3 Å². The van der Waals surface area contributed by atoms with Crippen LogP contribution in [0, 0.1) is 0 Å². The van der Waals surface area contributed by atoms with Gasteiger partial charge in [-0.2, -0.15) is 0 Å². The summed E-state index contributed by atoms with van der Waals surface area (Å²) in [4.78, 5) is 0. The molecule has 0 bridgehead atoms. The van der Waals surface area contributed by atoms with Crippen LogP contribution in [0.5, 0.6) is 0 Å². The second-order valence-corrected chi connectivity index (χ2v) is 6.80. The molecule has 0 aromatic carbocycles. The highest BCUT2D eigenvalue weighted by atomic mass is 32.2. The zero-order valence-electron chi connectivity index (χ0n) is 8.96. The summed E-state index contributed by atoms with van der Waals surface area (Å²) in [5.74, 6) is -0.156. The molecule has 0 fully saturated rings. The Bertz CT molecular complexity index is 224. The van der Waals surface area contributed by atoms with E-state index in [1.807, 2.05) is 6.92 Å². The lowest BCUT2D eigenvalue weighted by Crippen LogP contribution is -2.31. The number of rotatable bonds is 5. The van der Waals surface area contributed by atoms with Gasteiger partial charge in [0, 0.05) is 6.61 Å². The van der Waals surface area contributed by atoms with E-state index < -0.39 is 14.6 Å². The van der Waals surface area contributed by atoms with Crippen LogP contribution in [0.4, 0.5) is 0 Å². The summed E-state index contributed by atoms with van der Waals surface area (Å²) in [5, 5.41) is 0. The fourth-order valence-corrected chi connectivity index (χ4v) is 1.28. The number of sulfone groups is 1. The van der Waals surface area contributed by atoms with E-state index >= 15 is 0 Å². The molecule has 0 aliphatic carbocycles. The summed E-state index contributed by atoms with van der Waals surface area (Å²) in [6, 6.07) is 0. The van der Waals surface area contributed by atoms with Crippen molar-refractivity contribution in [3.05, 3.63) is 0 Å². The first kappa shape index (κ1) is 12.9. The molecule has 3 nitrogen and oxygen atoms in total. The Morgan fingerprint density at radius 2 is 1.77 bits per heavy atom.